The van der Waals surface area contributed by atoms with Crippen molar-refractivity contribution in [1.29, 1.82) is 0 Å². The first kappa shape index (κ1) is 13.3. The lowest BCUT2D eigenvalue weighted by molar-refractivity contribution is 0.293. The van der Waals surface area contributed by atoms with Crippen LogP contribution in [0, 0.1) is 9.39 Å². The van der Waals surface area contributed by atoms with Gasteiger partial charge in [-0.3, -0.25) is 4.98 Å². The summed E-state index contributed by atoms with van der Waals surface area (Å²) in [5.41, 5.74) is 1.56. The number of rotatable bonds is 3. The van der Waals surface area contributed by atoms with Crippen LogP contribution in [0.1, 0.15) is 5.56 Å². The van der Waals surface area contributed by atoms with Gasteiger partial charge >= 0.3 is 0 Å². The maximum absolute atomic E-state index is 14.1. The van der Waals surface area contributed by atoms with Crippen LogP contribution in [0.2, 0.25) is 0 Å². The lowest BCUT2D eigenvalue weighted by Crippen LogP contribution is -2.00. The summed E-state index contributed by atoms with van der Waals surface area (Å²) >= 11 is 2.10. The maximum Gasteiger partial charge on any atom is 0.181 e. The van der Waals surface area contributed by atoms with E-state index in [0.29, 0.717) is 12.1 Å². The van der Waals surface area contributed by atoms with E-state index in [-0.39, 0.29) is 11.6 Å². The Morgan fingerprint density at radius 1 is 1.10 bits per heavy atom. The molecule has 0 aliphatic carbocycles. The number of halogens is 2. The molecule has 0 radical (unpaired) electrons. The minimum Gasteiger partial charge on any atom is -0.484 e. The zero-order valence-electron chi connectivity index (χ0n) is 10.5. The van der Waals surface area contributed by atoms with E-state index in [1.54, 1.807) is 6.20 Å². The van der Waals surface area contributed by atoms with Gasteiger partial charge in [-0.05, 0) is 40.3 Å². The van der Waals surface area contributed by atoms with E-state index in [2.05, 4.69) is 27.6 Å². The molecule has 3 aromatic rings. The third-order valence-corrected chi connectivity index (χ3v) is 3.87. The van der Waals surface area contributed by atoms with E-state index < -0.39 is 0 Å². The van der Waals surface area contributed by atoms with Gasteiger partial charge in [-0.2, -0.15) is 0 Å². The fraction of sp³-hybridized carbons (Fsp3) is 0.0625. The number of benzene rings is 2. The fourth-order valence-electron chi connectivity index (χ4n) is 2.01. The molecule has 2 aromatic carbocycles. The van der Waals surface area contributed by atoms with E-state index in [9.17, 15) is 4.39 Å². The summed E-state index contributed by atoms with van der Waals surface area (Å²) in [6, 6.07) is 14.9. The Hall–Kier alpha value is -1.69. The third kappa shape index (κ3) is 2.60. The monoisotopic (exact) mass is 379 g/mol. The van der Waals surface area contributed by atoms with Gasteiger partial charge in [-0.1, -0.05) is 36.4 Å². The minimum atomic E-state index is -0.378. The second-order valence-corrected chi connectivity index (χ2v) is 5.51. The van der Waals surface area contributed by atoms with Gasteiger partial charge in [0.1, 0.15) is 12.1 Å². The number of aromatic nitrogens is 1. The van der Waals surface area contributed by atoms with Crippen molar-refractivity contribution in [2.24, 2.45) is 0 Å². The standard InChI is InChI=1S/C16H11FINO/c17-13-9-14(18)12-7-4-8-19-15(12)16(13)20-10-11-5-2-1-3-6-11/h1-9H,10H2. The summed E-state index contributed by atoms with van der Waals surface area (Å²) in [6.45, 7) is 0.323. The molecule has 0 spiro atoms. The van der Waals surface area contributed by atoms with Gasteiger partial charge in [0.05, 0.1) is 0 Å². The van der Waals surface area contributed by atoms with Crippen molar-refractivity contribution in [2.45, 2.75) is 6.61 Å². The lowest BCUT2D eigenvalue weighted by atomic mass is 10.2. The molecule has 0 N–H and O–H groups in total. The third-order valence-electron chi connectivity index (χ3n) is 2.98. The molecule has 100 valence electrons. The average molecular weight is 379 g/mol. The fourth-order valence-corrected chi connectivity index (χ4v) is 2.72. The van der Waals surface area contributed by atoms with Crippen LogP contribution in [0.5, 0.6) is 5.75 Å². The molecule has 2 nitrogen and oxygen atoms in total. The normalized spacial score (nSPS) is 10.7. The van der Waals surface area contributed by atoms with Gasteiger partial charge in [0.25, 0.3) is 0 Å². The Kier molecular flexibility index (Phi) is 3.82. The molecular weight excluding hydrogens is 368 g/mol. The summed E-state index contributed by atoms with van der Waals surface area (Å²) in [7, 11) is 0. The van der Waals surface area contributed by atoms with Crippen LogP contribution in [0.3, 0.4) is 0 Å². The van der Waals surface area contributed by atoms with E-state index in [0.717, 1.165) is 14.5 Å². The van der Waals surface area contributed by atoms with Gasteiger partial charge in [0.15, 0.2) is 11.6 Å². The number of nitrogens with zero attached hydrogens (tertiary/aromatic N) is 1. The summed E-state index contributed by atoms with van der Waals surface area (Å²) in [6.07, 6.45) is 1.65. The Morgan fingerprint density at radius 2 is 1.90 bits per heavy atom. The second-order valence-electron chi connectivity index (χ2n) is 4.34. The quantitative estimate of drug-likeness (QED) is 0.623. The zero-order chi connectivity index (χ0) is 13.9. The smallest absolute Gasteiger partial charge is 0.181 e. The van der Waals surface area contributed by atoms with Crippen LogP contribution in [0.25, 0.3) is 10.9 Å². The first-order valence-corrected chi connectivity index (χ1v) is 7.23. The second kappa shape index (κ2) is 5.75. The first-order chi connectivity index (χ1) is 9.75. The Labute approximate surface area is 129 Å². The van der Waals surface area contributed by atoms with Gasteiger partial charge in [0.2, 0.25) is 0 Å². The van der Waals surface area contributed by atoms with E-state index in [1.807, 2.05) is 42.5 Å². The van der Waals surface area contributed by atoms with E-state index in [4.69, 9.17) is 4.74 Å². The number of fused-ring (bicyclic) bond motifs is 1. The Balaban J connectivity index is 1.99. The molecule has 0 atom stereocenters. The molecule has 0 aliphatic heterocycles. The predicted molar refractivity (Wildman–Crippen MR) is 85.2 cm³/mol. The van der Waals surface area contributed by atoms with E-state index in [1.165, 1.54) is 6.07 Å². The molecule has 0 bridgehead atoms. The molecule has 3 rings (SSSR count). The largest absolute Gasteiger partial charge is 0.484 e. The zero-order valence-corrected chi connectivity index (χ0v) is 12.7. The van der Waals surface area contributed by atoms with Crippen LogP contribution < -0.4 is 4.74 Å². The number of ether oxygens (including phenoxy) is 1. The molecule has 20 heavy (non-hydrogen) atoms. The van der Waals surface area contributed by atoms with Crippen molar-refractivity contribution in [2.75, 3.05) is 0 Å². The van der Waals surface area contributed by atoms with Crippen LogP contribution in [-0.2, 0) is 6.61 Å². The van der Waals surface area contributed by atoms with Crippen molar-refractivity contribution in [3.05, 3.63) is 69.7 Å². The first-order valence-electron chi connectivity index (χ1n) is 6.15. The Morgan fingerprint density at radius 3 is 2.70 bits per heavy atom. The van der Waals surface area contributed by atoms with Crippen molar-refractivity contribution in [1.82, 2.24) is 4.98 Å². The molecule has 0 saturated heterocycles. The van der Waals surface area contributed by atoms with Crippen molar-refractivity contribution in [3.8, 4) is 5.75 Å². The lowest BCUT2D eigenvalue weighted by Gasteiger charge is -2.11. The van der Waals surface area contributed by atoms with Crippen LogP contribution >= 0.6 is 22.6 Å². The SMILES string of the molecule is Fc1cc(I)c2cccnc2c1OCc1ccccc1. The summed E-state index contributed by atoms with van der Waals surface area (Å²) < 4.78 is 20.6. The van der Waals surface area contributed by atoms with Crippen LogP contribution in [0.15, 0.2) is 54.7 Å². The molecule has 4 heteroatoms. The summed E-state index contributed by atoms with van der Waals surface area (Å²) in [5.74, 6) is -0.165. The number of pyridine rings is 1. The molecular formula is C16H11FINO. The van der Waals surface area contributed by atoms with Gasteiger partial charge < -0.3 is 4.74 Å². The number of hydrogen-bond acceptors (Lipinski definition) is 2. The molecule has 0 amide bonds. The summed E-state index contributed by atoms with van der Waals surface area (Å²) in [4.78, 5) is 4.25. The Bertz CT molecular complexity index is 746. The minimum absolute atomic E-state index is 0.213. The highest BCUT2D eigenvalue weighted by Crippen LogP contribution is 2.31. The van der Waals surface area contributed by atoms with Crippen molar-refractivity contribution < 1.29 is 9.13 Å². The predicted octanol–water partition coefficient (Wildman–Crippen LogP) is 4.56. The average Bonchev–Trinajstić information content (AvgIpc) is 2.48. The van der Waals surface area contributed by atoms with Gasteiger partial charge in [-0.25, -0.2) is 4.39 Å². The topological polar surface area (TPSA) is 22.1 Å². The van der Waals surface area contributed by atoms with Crippen molar-refractivity contribution in [3.63, 3.8) is 0 Å². The summed E-state index contributed by atoms with van der Waals surface area (Å²) in [5, 5.41) is 0.901. The van der Waals surface area contributed by atoms with Crippen molar-refractivity contribution >= 4 is 33.5 Å². The molecule has 0 saturated carbocycles. The van der Waals surface area contributed by atoms with Crippen LogP contribution in [-0.4, -0.2) is 4.98 Å². The van der Waals surface area contributed by atoms with Crippen LogP contribution in [0.4, 0.5) is 4.39 Å². The highest BCUT2D eigenvalue weighted by Gasteiger charge is 2.13. The maximum atomic E-state index is 14.1. The molecule has 0 fully saturated rings. The highest BCUT2D eigenvalue weighted by molar-refractivity contribution is 14.1. The molecule has 1 aromatic heterocycles. The molecule has 1 heterocycles. The highest BCUT2D eigenvalue weighted by atomic mass is 127. The molecule has 0 aliphatic rings. The number of hydrogen-bond donors (Lipinski definition) is 0. The van der Waals surface area contributed by atoms with Gasteiger partial charge in [-0.15, -0.1) is 0 Å². The van der Waals surface area contributed by atoms with E-state index >= 15 is 0 Å². The van der Waals surface area contributed by atoms with Gasteiger partial charge in [0, 0.05) is 15.2 Å². The molecule has 0 unspecified atom stereocenters.